The van der Waals surface area contributed by atoms with Crippen LogP contribution in [0.1, 0.15) is 6.42 Å². The number of nitrogens with one attached hydrogen (secondary N) is 1. The molecule has 6 nitrogen and oxygen atoms in total. The van der Waals surface area contributed by atoms with Gasteiger partial charge in [0.25, 0.3) is 0 Å². The van der Waals surface area contributed by atoms with Crippen LogP contribution in [0.4, 0.5) is 5.69 Å². The van der Waals surface area contributed by atoms with Crippen LogP contribution in [0.15, 0.2) is 24.3 Å². The van der Waals surface area contributed by atoms with E-state index in [1.807, 2.05) is 6.07 Å². The Morgan fingerprint density at radius 1 is 1.45 bits per heavy atom. The summed E-state index contributed by atoms with van der Waals surface area (Å²) in [6.45, 7) is -0.120. The number of rotatable bonds is 4. The molecule has 0 aliphatic carbocycles. The van der Waals surface area contributed by atoms with E-state index in [2.05, 4.69) is 5.32 Å². The van der Waals surface area contributed by atoms with Gasteiger partial charge in [0.05, 0.1) is 23.1 Å². The lowest BCUT2D eigenvalue weighted by Crippen LogP contribution is -2.24. The lowest BCUT2D eigenvalue weighted by Gasteiger charge is -2.13. The van der Waals surface area contributed by atoms with Crippen LogP contribution in [0.5, 0.6) is 5.75 Å². The Morgan fingerprint density at radius 2 is 2.20 bits per heavy atom. The number of para-hydroxylation sites is 2. The Bertz CT molecular complexity index is 649. The molecule has 1 N–H and O–H groups in total. The van der Waals surface area contributed by atoms with Crippen molar-refractivity contribution in [2.45, 2.75) is 6.42 Å². The van der Waals surface area contributed by atoms with Gasteiger partial charge in [0.2, 0.25) is 5.91 Å². The number of nitriles is 1. The highest BCUT2D eigenvalue weighted by Gasteiger charge is 2.33. The minimum Gasteiger partial charge on any atom is -0.477 e. The van der Waals surface area contributed by atoms with E-state index in [0.29, 0.717) is 17.9 Å². The molecule has 1 unspecified atom stereocenters. The van der Waals surface area contributed by atoms with E-state index in [0.717, 1.165) is 0 Å². The van der Waals surface area contributed by atoms with Gasteiger partial charge in [-0.3, -0.25) is 4.79 Å². The van der Waals surface area contributed by atoms with E-state index < -0.39 is 15.8 Å². The molecule has 1 aromatic rings. The molecule has 106 valence electrons. The summed E-state index contributed by atoms with van der Waals surface area (Å²) in [6.07, 6.45) is 0.343. The van der Waals surface area contributed by atoms with Crippen LogP contribution in [0.25, 0.3) is 0 Å². The SMILES string of the molecule is N#CCOc1ccccc1NC(=O)C1CCS(=O)(=O)C1. The van der Waals surface area contributed by atoms with Gasteiger partial charge >= 0.3 is 0 Å². The van der Waals surface area contributed by atoms with Crippen molar-refractivity contribution < 1.29 is 17.9 Å². The van der Waals surface area contributed by atoms with Gasteiger partial charge in [0, 0.05) is 0 Å². The van der Waals surface area contributed by atoms with E-state index in [9.17, 15) is 13.2 Å². The average molecular weight is 294 g/mol. The molecule has 0 radical (unpaired) electrons. The summed E-state index contributed by atoms with van der Waals surface area (Å²) in [5.41, 5.74) is 0.442. The zero-order chi connectivity index (χ0) is 14.6. The number of anilines is 1. The molecule has 20 heavy (non-hydrogen) atoms. The topological polar surface area (TPSA) is 96.3 Å². The Morgan fingerprint density at radius 3 is 2.85 bits per heavy atom. The fourth-order valence-electron chi connectivity index (χ4n) is 2.04. The largest absolute Gasteiger partial charge is 0.477 e. The fraction of sp³-hybridized carbons (Fsp3) is 0.385. The quantitative estimate of drug-likeness (QED) is 0.892. The molecule has 7 heteroatoms. The van der Waals surface area contributed by atoms with Crippen LogP contribution in [0.3, 0.4) is 0 Å². The molecule has 2 rings (SSSR count). The van der Waals surface area contributed by atoms with Crippen molar-refractivity contribution in [3.05, 3.63) is 24.3 Å². The predicted octanol–water partition coefficient (Wildman–Crippen LogP) is 0.962. The summed E-state index contributed by atoms with van der Waals surface area (Å²) >= 11 is 0. The Balaban J connectivity index is 2.07. The van der Waals surface area contributed by atoms with E-state index in [1.165, 1.54) is 0 Å². The molecular formula is C13H14N2O4S. The van der Waals surface area contributed by atoms with Gasteiger partial charge in [0.1, 0.15) is 11.8 Å². The second-order valence-corrected chi connectivity index (χ2v) is 6.76. The van der Waals surface area contributed by atoms with Crippen molar-refractivity contribution in [1.29, 1.82) is 5.26 Å². The average Bonchev–Trinajstić information content (AvgIpc) is 2.78. The highest BCUT2D eigenvalue weighted by atomic mass is 32.2. The number of benzene rings is 1. The molecule has 1 saturated heterocycles. The highest BCUT2D eigenvalue weighted by molar-refractivity contribution is 7.91. The first-order valence-corrected chi connectivity index (χ1v) is 7.94. The van der Waals surface area contributed by atoms with Gasteiger partial charge in [-0.05, 0) is 18.6 Å². The van der Waals surface area contributed by atoms with Gasteiger partial charge in [-0.2, -0.15) is 5.26 Å². The van der Waals surface area contributed by atoms with E-state index >= 15 is 0 Å². The van der Waals surface area contributed by atoms with Crippen molar-refractivity contribution in [1.82, 2.24) is 0 Å². The molecule has 0 saturated carbocycles. The van der Waals surface area contributed by atoms with Crippen molar-refractivity contribution in [3.8, 4) is 11.8 Å². The Kier molecular flexibility index (Phi) is 4.25. The predicted molar refractivity (Wildman–Crippen MR) is 72.9 cm³/mol. The maximum absolute atomic E-state index is 12.0. The maximum Gasteiger partial charge on any atom is 0.228 e. The first-order chi connectivity index (χ1) is 9.52. The van der Waals surface area contributed by atoms with Gasteiger partial charge in [-0.15, -0.1) is 0 Å². The molecular weight excluding hydrogens is 280 g/mol. The summed E-state index contributed by atoms with van der Waals surface area (Å²) in [5, 5.41) is 11.2. The number of nitrogens with zero attached hydrogens (tertiary/aromatic N) is 1. The number of sulfone groups is 1. The number of amides is 1. The third-order valence-electron chi connectivity index (χ3n) is 3.04. The van der Waals surface area contributed by atoms with Gasteiger partial charge < -0.3 is 10.1 Å². The molecule has 0 spiro atoms. The van der Waals surface area contributed by atoms with Gasteiger partial charge in [0.15, 0.2) is 16.4 Å². The number of hydrogen-bond acceptors (Lipinski definition) is 5. The summed E-state index contributed by atoms with van der Waals surface area (Å²) in [6, 6.07) is 8.58. The van der Waals surface area contributed by atoms with Crippen LogP contribution in [0, 0.1) is 17.2 Å². The number of ether oxygens (including phenoxy) is 1. The molecule has 1 atom stereocenters. The van der Waals surface area contributed by atoms with Crippen LogP contribution in [-0.4, -0.2) is 32.4 Å². The third-order valence-corrected chi connectivity index (χ3v) is 4.81. The summed E-state index contributed by atoms with van der Waals surface area (Å²) in [5.74, 6) is -0.524. The van der Waals surface area contributed by atoms with Crippen molar-refractivity contribution in [2.24, 2.45) is 5.92 Å². The van der Waals surface area contributed by atoms with E-state index in [1.54, 1.807) is 24.3 Å². The van der Waals surface area contributed by atoms with E-state index in [4.69, 9.17) is 10.00 Å². The zero-order valence-electron chi connectivity index (χ0n) is 10.7. The smallest absolute Gasteiger partial charge is 0.228 e. The molecule has 1 aromatic carbocycles. The third kappa shape index (κ3) is 3.48. The maximum atomic E-state index is 12.0. The van der Waals surface area contributed by atoms with E-state index in [-0.39, 0.29) is 24.0 Å². The molecule has 0 bridgehead atoms. The second kappa shape index (κ2) is 5.92. The van der Waals surface area contributed by atoms with Gasteiger partial charge in [-0.25, -0.2) is 8.42 Å². The molecule has 0 aromatic heterocycles. The summed E-state index contributed by atoms with van der Waals surface area (Å²) in [7, 11) is -3.09. The Hall–Kier alpha value is -2.07. The summed E-state index contributed by atoms with van der Waals surface area (Å²) < 4.78 is 27.9. The molecule has 1 aliphatic heterocycles. The van der Waals surface area contributed by atoms with Crippen LogP contribution >= 0.6 is 0 Å². The first-order valence-electron chi connectivity index (χ1n) is 6.12. The lowest BCUT2D eigenvalue weighted by atomic mass is 10.1. The minimum atomic E-state index is -3.09. The van der Waals surface area contributed by atoms with Crippen LogP contribution in [-0.2, 0) is 14.6 Å². The van der Waals surface area contributed by atoms with Crippen molar-refractivity contribution >= 4 is 21.4 Å². The van der Waals surface area contributed by atoms with Gasteiger partial charge in [-0.1, -0.05) is 12.1 Å². The standard InChI is InChI=1S/C13H14N2O4S/c14-6-7-19-12-4-2-1-3-11(12)15-13(16)10-5-8-20(17,18)9-10/h1-4,10H,5,7-9H2,(H,15,16). The normalized spacial score (nSPS) is 20.1. The number of hydrogen-bond donors (Lipinski definition) is 1. The number of carbonyl (C=O) groups excluding carboxylic acids is 1. The molecule has 1 heterocycles. The number of carbonyl (C=O) groups is 1. The van der Waals surface area contributed by atoms with Crippen molar-refractivity contribution in [3.63, 3.8) is 0 Å². The minimum absolute atomic E-state index is 0.0532. The zero-order valence-corrected chi connectivity index (χ0v) is 11.5. The van der Waals surface area contributed by atoms with Crippen LogP contribution in [0.2, 0.25) is 0 Å². The van der Waals surface area contributed by atoms with Crippen LogP contribution < -0.4 is 10.1 Å². The first kappa shape index (κ1) is 14.3. The molecule has 1 fully saturated rings. The monoisotopic (exact) mass is 294 g/mol. The highest BCUT2D eigenvalue weighted by Crippen LogP contribution is 2.26. The molecule has 1 aliphatic rings. The fourth-order valence-corrected chi connectivity index (χ4v) is 3.78. The lowest BCUT2D eigenvalue weighted by molar-refractivity contribution is -0.119. The second-order valence-electron chi connectivity index (χ2n) is 4.53. The van der Waals surface area contributed by atoms with Crippen molar-refractivity contribution in [2.75, 3.05) is 23.4 Å². The molecule has 1 amide bonds. The Labute approximate surface area is 117 Å². The summed E-state index contributed by atoms with van der Waals surface area (Å²) in [4.78, 5) is 12.0.